The van der Waals surface area contributed by atoms with Crippen molar-refractivity contribution in [1.82, 2.24) is 19.7 Å². The van der Waals surface area contributed by atoms with E-state index < -0.39 is 0 Å². The van der Waals surface area contributed by atoms with Gasteiger partial charge in [-0.1, -0.05) is 29.4 Å². The van der Waals surface area contributed by atoms with Gasteiger partial charge in [0, 0.05) is 0 Å². The van der Waals surface area contributed by atoms with E-state index in [-0.39, 0.29) is 12.1 Å². The van der Waals surface area contributed by atoms with Crippen molar-refractivity contribution in [3.8, 4) is 17.2 Å². The number of rotatable bonds is 5. The summed E-state index contributed by atoms with van der Waals surface area (Å²) in [5.74, 6) is 1.42. The van der Waals surface area contributed by atoms with Crippen LogP contribution in [0.1, 0.15) is 12.7 Å². The van der Waals surface area contributed by atoms with Gasteiger partial charge < -0.3 is 9.26 Å². The molecule has 4 rings (SSSR count). The first-order valence-electron chi connectivity index (χ1n) is 8.25. The van der Waals surface area contributed by atoms with Crippen molar-refractivity contribution in [3.63, 3.8) is 0 Å². The zero-order valence-corrected chi connectivity index (χ0v) is 14.1. The van der Waals surface area contributed by atoms with Crippen molar-refractivity contribution in [2.75, 3.05) is 6.61 Å². The number of fused-ring (bicyclic) bond motifs is 1. The molecule has 0 spiro atoms. The molecule has 0 aliphatic rings. The van der Waals surface area contributed by atoms with E-state index in [0.717, 1.165) is 5.56 Å². The predicted octanol–water partition coefficient (Wildman–Crippen LogP) is 2.89. The highest BCUT2D eigenvalue weighted by Crippen LogP contribution is 2.28. The monoisotopic (exact) mass is 348 g/mol. The SMILES string of the molecule is CCOc1ccccc1-c1nc(Cn2cnc3ccccc3c2=O)no1. The van der Waals surface area contributed by atoms with Crippen molar-refractivity contribution in [2.24, 2.45) is 0 Å². The molecule has 0 atom stereocenters. The largest absolute Gasteiger partial charge is 0.493 e. The molecular weight excluding hydrogens is 332 g/mol. The molecule has 7 heteroatoms. The molecule has 0 aliphatic carbocycles. The minimum absolute atomic E-state index is 0.142. The maximum atomic E-state index is 12.6. The first-order chi connectivity index (χ1) is 12.8. The fraction of sp³-hybridized carbons (Fsp3) is 0.158. The lowest BCUT2D eigenvalue weighted by Gasteiger charge is -2.05. The fourth-order valence-corrected chi connectivity index (χ4v) is 2.72. The van der Waals surface area contributed by atoms with Crippen LogP contribution in [0.2, 0.25) is 0 Å². The van der Waals surface area contributed by atoms with Crippen LogP contribution < -0.4 is 10.3 Å². The van der Waals surface area contributed by atoms with Crippen LogP contribution in [-0.4, -0.2) is 26.3 Å². The molecule has 130 valence electrons. The molecule has 0 saturated carbocycles. The van der Waals surface area contributed by atoms with Gasteiger partial charge in [-0.15, -0.1) is 0 Å². The number of hydrogen-bond acceptors (Lipinski definition) is 6. The van der Waals surface area contributed by atoms with E-state index in [9.17, 15) is 4.79 Å². The summed E-state index contributed by atoms with van der Waals surface area (Å²) in [6.45, 7) is 2.63. The second-order valence-electron chi connectivity index (χ2n) is 5.64. The summed E-state index contributed by atoms with van der Waals surface area (Å²) in [5, 5.41) is 4.54. The van der Waals surface area contributed by atoms with Gasteiger partial charge in [0.25, 0.3) is 11.4 Å². The molecule has 0 saturated heterocycles. The summed E-state index contributed by atoms with van der Waals surface area (Å²) in [6.07, 6.45) is 1.49. The van der Waals surface area contributed by atoms with Gasteiger partial charge in [-0.05, 0) is 31.2 Å². The number of benzene rings is 2. The molecule has 2 aromatic heterocycles. The highest BCUT2D eigenvalue weighted by Gasteiger charge is 2.14. The van der Waals surface area contributed by atoms with Crippen molar-refractivity contribution >= 4 is 10.9 Å². The fourth-order valence-electron chi connectivity index (χ4n) is 2.72. The van der Waals surface area contributed by atoms with Crippen LogP contribution in [0.5, 0.6) is 5.75 Å². The Bertz CT molecular complexity index is 1120. The van der Waals surface area contributed by atoms with Crippen LogP contribution in [0.15, 0.2) is 64.2 Å². The summed E-state index contributed by atoms with van der Waals surface area (Å²) in [5.41, 5.74) is 1.24. The lowest BCUT2D eigenvalue weighted by Crippen LogP contribution is -2.21. The van der Waals surface area contributed by atoms with Gasteiger partial charge in [0.1, 0.15) is 5.75 Å². The van der Waals surface area contributed by atoms with Crippen LogP contribution in [0.25, 0.3) is 22.4 Å². The molecule has 26 heavy (non-hydrogen) atoms. The summed E-state index contributed by atoms with van der Waals surface area (Å²) < 4.78 is 12.4. The average Bonchev–Trinajstić information content (AvgIpc) is 3.13. The minimum atomic E-state index is -0.142. The van der Waals surface area contributed by atoms with Crippen molar-refractivity contribution < 1.29 is 9.26 Å². The van der Waals surface area contributed by atoms with Gasteiger partial charge in [0.2, 0.25) is 0 Å². The van der Waals surface area contributed by atoms with Crippen LogP contribution >= 0.6 is 0 Å². The summed E-state index contributed by atoms with van der Waals surface area (Å²) >= 11 is 0. The Morgan fingerprint density at radius 3 is 2.81 bits per heavy atom. The van der Waals surface area contributed by atoms with Crippen LogP contribution in [0, 0.1) is 0 Å². The quantitative estimate of drug-likeness (QED) is 0.551. The summed E-state index contributed by atoms with van der Waals surface area (Å²) in [4.78, 5) is 21.3. The lowest BCUT2D eigenvalue weighted by atomic mass is 10.2. The lowest BCUT2D eigenvalue weighted by molar-refractivity contribution is 0.339. The molecule has 0 unspecified atom stereocenters. The number of nitrogens with zero attached hydrogens (tertiary/aromatic N) is 4. The molecule has 2 heterocycles. The van der Waals surface area contributed by atoms with E-state index in [4.69, 9.17) is 9.26 Å². The molecule has 0 N–H and O–H groups in total. The topological polar surface area (TPSA) is 83.0 Å². The van der Waals surface area contributed by atoms with Crippen molar-refractivity contribution in [2.45, 2.75) is 13.5 Å². The number of hydrogen-bond donors (Lipinski definition) is 0. The van der Waals surface area contributed by atoms with E-state index >= 15 is 0 Å². The smallest absolute Gasteiger partial charge is 0.261 e. The Hall–Kier alpha value is -3.48. The first-order valence-corrected chi connectivity index (χ1v) is 8.25. The predicted molar refractivity (Wildman–Crippen MR) is 96.0 cm³/mol. The second-order valence-corrected chi connectivity index (χ2v) is 5.64. The molecule has 0 amide bonds. The van der Waals surface area contributed by atoms with E-state index in [2.05, 4.69) is 15.1 Å². The minimum Gasteiger partial charge on any atom is -0.493 e. The summed E-state index contributed by atoms with van der Waals surface area (Å²) in [7, 11) is 0. The average molecular weight is 348 g/mol. The molecule has 2 aromatic carbocycles. The third kappa shape index (κ3) is 2.95. The van der Waals surface area contributed by atoms with Gasteiger partial charge in [0.05, 0.1) is 35.9 Å². The van der Waals surface area contributed by atoms with Gasteiger partial charge in [-0.2, -0.15) is 4.98 Å². The molecular formula is C19H16N4O3. The maximum Gasteiger partial charge on any atom is 0.261 e. The molecule has 7 nitrogen and oxygen atoms in total. The standard InChI is InChI=1S/C19H16N4O3/c1-2-25-16-10-6-4-8-14(16)18-21-17(22-26-18)11-23-12-20-15-9-5-3-7-13(15)19(23)24/h3-10,12H,2,11H2,1H3. The first kappa shape index (κ1) is 16.0. The third-order valence-electron chi connectivity index (χ3n) is 3.93. The molecule has 0 aliphatic heterocycles. The van der Waals surface area contributed by atoms with Crippen LogP contribution in [-0.2, 0) is 6.54 Å². The zero-order chi connectivity index (χ0) is 17.9. The second kappa shape index (κ2) is 6.79. The highest BCUT2D eigenvalue weighted by molar-refractivity contribution is 5.76. The number of para-hydroxylation sites is 2. The Kier molecular flexibility index (Phi) is 4.18. The van der Waals surface area contributed by atoms with E-state index in [1.807, 2.05) is 43.3 Å². The van der Waals surface area contributed by atoms with E-state index in [1.54, 1.807) is 12.1 Å². The van der Waals surface area contributed by atoms with Gasteiger partial charge >= 0.3 is 0 Å². The summed E-state index contributed by atoms with van der Waals surface area (Å²) in [6, 6.07) is 14.7. The maximum absolute atomic E-state index is 12.6. The third-order valence-corrected chi connectivity index (χ3v) is 3.93. The zero-order valence-electron chi connectivity index (χ0n) is 14.1. The Morgan fingerprint density at radius 2 is 1.92 bits per heavy atom. The molecule has 4 aromatic rings. The van der Waals surface area contributed by atoms with E-state index in [1.165, 1.54) is 10.9 Å². The Balaban J connectivity index is 1.66. The van der Waals surface area contributed by atoms with Gasteiger partial charge in [-0.25, -0.2) is 4.98 Å². The number of ether oxygens (including phenoxy) is 1. The molecule has 0 fully saturated rings. The Labute approximate surface area is 148 Å². The van der Waals surface area contributed by atoms with E-state index in [0.29, 0.717) is 35.0 Å². The van der Waals surface area contributed by atoms with Crippen molar-refractivity contribution in [1.29, 1.82) is 0 Å². The highest BCUT2D eigenvalue weighted by atomic mass is 16.5. The van der Waals surface area contributed by atoms with Crippen LogP contribution in [0.3, 0.4) is 0 Å². The van der Waals surface area contributed by atoms with Crippen molar-refractivity contribution in [3.05, 3.63) is 71.0 Å². The van der Waals surface area contributed by atoms with Gasteiger partial charge in [0.15, 0.2) is 5.82 Å². The Morgan fingerprint density at radius 1 is 1.12 bits per heavy atom. The molecule has 0 radical (unpaired) electrons. The number of aromatic nitrogens is 4. The normalized spacial score (nSPS) is 11.0. The van der Waals surface area contributed by atoms with Gasteiger partial charge in [-0.3, -0.25) is 9.36 Å². The van der Waals surface area contributed by atoms with Crippen LogP contribution in [0.4, 0.5) is 0 Å². The molecule has 0 bridgehead atoms.